The van der Waals surface area contributed by atoms with Gasteiger partial charge in [-0.15, -0.1) is 0 Å². The van der Waals surface area contributed by atoms with Gasteiger partial charge >= 0.3 is 0 Å². The Bertz CT molecular complexity index is 310. The van der Waals surface area contributed by atoms with Crippen LogP contribution in [-0.4, -0.2) is 22.0 Å². The molecule has 0 aliphatic rings. The molecule has 4 nitrogen and oxygen atoms in total. The SMILES string of the molecule is COc1c(C(C)(C)O)c(C)nn1C. The summed E-state index contributed by atoms with van der Waals surface area (Å²) in [6, 6.07) is 0. The number of nitrogens with zero attached hydrogens (tertiary/aromatic N) is 2. The molecule has 1 heterocycles. The molecule has 0 aliphatic carbocycles. The van der Waals surface area contributed by atoms with E-state index in [2.05, 4.69) is 5.10 Å². The predicted molar refractivity (Wildman–Crippen MR) is 49.7 cm³/mol. The molecule has 1 aromatic rings. The molecule has 0 atom stereocenters. The molecule has 0 saturated heterocycles. The third-order valence-electron chi connectivity index (χ3n) is 1.97. The van der Waals surface area contributed by atoms with E-state index in [0.29, 0.717) is 5.88 Å². The minimum absolute atomic E-state index is 0.616. The first-order valence-corrected chi connectivity index (χ1v) is 4.18. The van der Waals surface area contributed by atoms with Crippen LogP contribution in [-0.2, 0) is 12.6 Å². The van der Waals surface area contributed by atoms with Gasteiger partial charge in [-0.1, -0.05) is 0 Å². The van der Waals surface area contributed by atoms with Gasteiger partial charge in [0.2, 0.25) is 5.88 Å². The highest BCUT2D eigenvalue weighted by Gasteiger charge is 2.27. The molecule has 0 bridgehead atoms. The zero-order valence-corrected chi connectivity index (χ0v) is 8.75. The number of hydrogen-bond donors (Lipinski definition) is 1. The van der Waals surface area contributed by atoms with Crippen molar-refractivity contribution in [3.63, 3.8) is 0 Å². The van der Waals surface area contributed by atoms with Crippen LogP contribution in [0, 0.1) is 6.92 Å². The fourth-order valence-corrected chi connectivity index (χ4v) is 1.58. The van der Waals surface area contributed by atoms with Crippen molar-refractivity contribution in [3.05, 3.63) is 11.3 Å². The number of methoxy groups -OCH3 is 1. The van der Waals surface area contributed by atoms with Crippen molar-refractivity contribution in [1.29, 1.82) is 0 Å². The van der Waals surface area contributed by atoms with Crippen LogP contribution < -0.4 is 4.74 Å². The molecule has 0 saturated carbocycles. The second kappa shape index (κ2) is 3.03. The average molecular weight is 184 g/mol. The van der Waals surface area contributed by atoms with Gasteiger partial charge < -0.3 is 9.84 Å². The highest BCUT2D eigenvalue weighted by molar-refractivity contribution is 5.35. The van der Waals surface area contributed by atoms with Crippen LogP contribution in [0.25, 0.3) is 0 Å². The third-order valence-corrected chi connectivity index (χ3v) is 1.97. The summed E-state index contributed by atoms with van der Waals surface area (Å²) >= 11 is 0. The molecular formula is C9H16N2O2. The molecule has 74 valence electrons. The van der Waals surface area contributed by atoms with E-state index in [1.54, 1.807) is 32.7 Å². The number of aliphatic hydroxyl groups is 1. The first kappa shape index (κ1) is 10.1. The molecule has 4 heteroatoms. The Hall–Kier alpha value is -1.03. The summed E-state index contributed by atoms with van der Waals surface area (Å²) in [5, 5.41) is 14.0. The van der Waals surface area contributed by atoms with E-state index in [1.807, 2.05) is 6.92 Å². The van der Waals surface area contributed by atoms with Gasteiger partial charge in [0.15, 0.2) is 0 Å². The monoisotopic (exact) mass is 184 g/mol. The van der Waals surface area contributed by atoms with Gasteiger partial charge in [0.1, 0.15) is 0 Å². The van der Waals surface area contributed by atoms with Crippen molar-refractivity contribution in [2.24, 2.45) is 7.05 Å². The molecular weight excluding hydrogens is 168 g/mol. The molecule has 0 amide bonds. The quantitative estimate of drug-likeness (QED) is 0.744. The molecule has 1 aromatic heterocycles. The topological polar surface area (TPSA) is 47.3 Å². The molecule has 0 aliphatic heterocycles. The molecule has 0 spiro atoms. The summed E-state index contributed by atoms with van der Waals surface area (Å²) in [5.41, 5.74) is 0.633. The second-order valence-corrected chi connectivity index (χ2v) is 3.65. The van der Waals surface area contributed by atoms with Gasteiger partial charge in [-0.25, -0.2) is 4.68 Å². The smallest absolute Gasteiger partial charge is 0.217 e. The van der Waals surface area contributed by atoms with Gasteiger partial charge in [0, 0.05) is 7.05 Å². The molecule has 1 N–H and O–H groups in total. The summed E-state index contributed by atoms with van der Waals surface area (Å²) < 4.78 is 6.79. The van der Waals surface area contributed by atoms with Crippen LogP contribution in [0.3, 0.4) is 0 Å². The Labute approximate surface area is 78.1 Å². The number of rotatable bonds is 2. The van der Waals surface area contributed by atoms with E-state index >= 15 is 0 Å². The van der Waals surface area contributed by atoms with E-state index in [4.69, 9.17) is 4.74 Å². The van der Waals surface area contributed by atoms with E-state index in [0.717, 1.165) is 11.3 Å². The van der Waals surface area contributed by atoms with E-state index in [1.165, 1.54) is 0 Å². The van der Waals surface area contributed by atoms with Gasteiger partial charge in [0.05, 0.1) is 24.0 Å². The molecule has 0 fully saturated rings. The van der Waals surface area contributed by atoms with Crippen molar-refractivity contribution < 1.29 is 9.84 Å². The minimum atomic E-state index is -0.913. The Morgan fingerprint density at radius 3 is 2.31 bits per heavy atom. The van der Waals surface area contributed by atoms with E-state index < -0.39 is 5.60 Å². The number of aryl methyl sites for hydroxylation is 2. The molecule has 1 rings (SSSR count). The van der Waals surface area contributed by atoms with Crippen molar-refractivity contribution in [2.75, 3.05) is 7.11 Å². The molecule has 0 unspecified atom stereocenters. The second-order valence-electron chi connectivity index (χ2n) is 3.65. The third kappa shape index (κ3) is 1.67. The molecule has 13 heavy (non-hydrogen) atoms. The fourth-order valence-electron chi connectivity index (χ4n) is 1.58. The predicted octanol–water partition coefficient (Wildman–Crippen LogP) is 0.965. The Morgan fingerprint density at radius 1 is 1.46 bits per heavy atom. The van der Waals surface area contributed by atoms with Crippen LogP contribution in [0.5, 0.6) is 5.88 Å². The van der Waals surface area contributed by atoms with Crippen molar-refractivity contribution in [2.45, 2.75) is 26.4 Å². The van der Waals surface area contributed by atoms with Crippen LogP contribution in [0.15, 0.2) is 0 Å². The zero-order valence-electron chi connectivity index (χ0n) is 8.75. The summed E-state index contributed by atoms with van der Waals surface area (Å²) in [4.78, 5) is 0. The van der Waals surface area contributed by atoms with Crippen LogP contribution in [0.4, 0.5) is 0 Å². The highest BCUT2D eigenvalue weighted by Crippen LogP contribution is 2.31. The number of aromatic nitrogens is 2. The average Bonchev–Trinajstić information content (AvgIpc) is 2.23. The maximum absolute atomic E-state index is 9.86. The lowest BCUT2D eigenvalue weighted by Gasteiger charge is -2.18. The van der Waals surface area contributed by atoms with Gasteiger partial charge in [-0.2, -0.15) is 5.10 Å². The van der Waals surface area contributed by atoms with Crippen LogP contribution in [0.2, 0.25) is 0 Å². The Morgan fingerprint density at radius 2 is 2.00 bits per heavy atom. The van der Waals surface area contributed by atoms with Crippen molar-refractivity contribution >= 4 is 0 Å². The largest absolute Gasteiger partial charge is 0.481 e. The van der Waals surface area contributed by atoms with E-state index in [9.17, 15) is 5.11 Å². The van der Waals surface area contributed by atoms with E-state index in [-0.39, 0.29) is 0 Å². The first-order valence-electron chi connectivity index (χ1n) is 4.18. The van der Waals surface area contributed by atoms with Gasteiger partial charge in [-0.05, 0) is 20.8 Å². The lowest BCUT2D eigenvalue weighted by atomic mass is 9.99. The highest BCUT2D eigenvalue weighted by atomic mass is 16.5. The number of ether oxygens (including phenoxy) is 1. The lowest BCUT2D eigenvalue weighted by Crippen LogP contribution is -2.17. The maximum atomic E-state index is 9.86. The Balaban J connectivity index is 3.34. The zero-order chi connectivity index (χ0) is 10.2. The van der Waals surface area contributed by atoms with Gasteiger partial charge in [-0.3, -0.25) is 0 Å². The summed E-state index contributed by atoms with van der Waals surface area (Å²) in [5.74, 6) is 0.616. The molecule has 0 aromatic carbocycles. The lowest BCUT2D eigenvalue weighted by molar-refractivity contribution is 0.0746. The number of hydrogen-bond acceptors (Lipinski definition) is 3. The standard InChI is InChI=1S/C9H16N2O2/c1-6-7(9(2,3)12)8(13-5)11(4)10-6/h12H,1-5H3. The molecule has 0 radical (unpaired) electrons. The minimum Gasteiger partial charge on any atom is -0.481 e. The Kier molecular flexibility index (Phi) is 2.34. The first-order chi connectivity index (χ1) is 5.88. The maximum Gasteiger partial charge on any atom is 0.217 e. The van der Waals surface area contributed by atoms with Crippen LogP contribution >= 0.6 is 0 Å². The van der Waals surface area contributed by atoms with Crippen molar-refractivity contribution in [1.82, 2.24) is 9.78 Å². The summed E-state index contributed by atoms with van der Waals surface area (Å²) in [6.07, 6.45) is 0. The summed E-state index contributed by atoms with van der Waals surface area (Å²) in [7, 11) is 3.37. The fraction of sp³-hybridized carbons (Fsp3) is 0.667. The normalized spacial score (nSPS) is 11.8. The summed E-state index contributed by atoms with van der Waals surface area (Å²) in [6.45, 7) is 5.30. The van der Waals surface area contributed by atoms with Gasteiger partial charge in [0.25, 0.3) is 0 Å². The van der Waals surface area contributed by atoms with Crippen molar-refractivity contribution in [3.8, 4) is 5.88 Å². The van der Waals surface area contributed by atoms with Crippen LogP contribution in [0.1, 0.15) is 25.1 Å².